The number of aromatic amines is 1. The van der Waals surface area contributed by atoms with Gasteiger partial charge < -0.3 is 24.2 Å². The van der Waals surface area contributed by atoms with Crippen LogP contribution < -0.4 is 5.32 Å². The van der Waals surface area contributed by atoms with Crippen molar-refractivity contribution in [1.29, 1.82) is 0 Å². The first-order valence-corrected chi connectivity index (χ1v) is 12.9. The van der Waals surface area contributed by atoms with Crippen LogP contribution in [-0.4, -0.2) is 27.6 Å². The molecule has 0 aliphatic rings. The molecular formula is C30H35N3O5. The number of hydrogen-bond donors (Lipinski definition) is 2. The lowest BCUT2D eigenvalue weighted by Crippen LogP contribution is -2.35. The molecule has 8 nitrogen and oxygen atoms in total. The molecule has 0 aliphatic carbocycles. The Bertz CT molecular complexity index is 1380. The van der Waals surface area contributed by atoms with E-state index in [1.807, 2.05) is 54.6 Å². The van der Waals surface area contributed by atoms with E-state index in [1.165, 1.54) is 0 Å². The van der Waals surface area contributed by atoms with Gasteiger partial charge in [-0.25, -0.2) is 14.6 Å². The van der Waals surface area contributed by atoms with Gasteiger partial charge in [0.15, 0.2) is 11.5 Å². The van der Waals surface area contributed by atoms with E-state index in [-0.39, 0.29) is 29.9 Å². The van der Waals surface area contributed by atoms with Crippen molar-refractivity contribution in [1.82, 2.24) is 15.3 Å². The highest BCUT2D eigenvalue weighted by atomic mass is 16.6. The Morgan fingerprint density at radius 3 is 2.50 bits per heavy atom. The highest BCUT2D eigenvalue weighted by Crippen LogP contribution is 2.35. The predicted octanol–water partition coefficient (Wildman–Crippen LogP) is 7.18. The first-order valence-electron chi connectivity index (χ1n) is 12.9. The van der Waals surface area contributed by atoms with Crippen LogP contribution in [0.4, 0.5) is 4.79 Å². The van der Waals surface area contributed by atoms with E-state index in [9.17, 15) is 9.59 Å². The van der Waals surface area contributed by atoms with Gasteiger partial charge in [-0.3, -0.25) is 0 Å². The molecule has 0 unspecified atom stereocenters. The third-order valence-electron chi connectivity index (χ3n) is 6.21. The second kappa shape index (κ2) is 11.5. The van der Waals surface area contributed by atoms with E-state index < -0.39 is 23.7 Å². The maximum Gasteiger partial charge on any atom is 0.408 e. The molecule has 38 heavy (non-hydrogen) atoms. The van der Waals surface area contributed by atoms with Crippen molar-refractivity contribution in [2.24, 2.45) is 5.92 Å². The fraction of sp³-hybridized carbons (Fsp3) is 0.367. The zero-order valence-electron chi connectivity index (χ0n) is 22.5. The number of fused-ring (bicyclic) bond motifs is 1. The summed E-state index contributed by atoms with van der Waals surface area (Å²) in [5.41, 5.74) is 1.83. The zero-order chi connectivity index (χ0) is 27.3. The molecule has 0 saturated heterocycles. The number of aromatic nitrogens is 2. The number of alkyl carbamates (subject to hydrolysis) is 1. The van der Waals surface area contributed by atoms with Gasteiger partial charge in [0.1, 0.15) is 18.2 Å². The Labute approximate surface area is 222 Å². The molecule has 2 aromatic heterocycles. The van der Waals surface area contributed by atoms with Gasteiger partial charge in [0, 0.05) is 22.7 Å². The van der Waals surface area contributed by atoms with Crippen LogP contribution in [0.5, 0.6) is 0 Å². The summed E-state index contributed by atoms with van der Waals surface area (Å²) in [7, 11) is 0. The van der Waals surface area contributed by atoms with Gasteiger partial charge in [0.2, 0.25) is 5.89 Å². The Balaban J connectivity index is 1.72. The molecule has 2 aromatic carbocycles. The van der Waals surface area contributed by atoms with Crippen molar-refractivity contribution < 1.29 is 23.5 Å². The highest BCUT2D eigenvalue weighted by molar-refractivity contribution is 6.01. The lowest BCUT2D eigenvalue weighted by atomic mass is 9.99. The number of oxazole rings is 1. The van der Waals surface area contributed by atoms with Crippen molar-refractivity contribution in [2.45, 2.75) is 65.7 Å². The Kier molecular flexibility index (Phi) is 8.20. The summed E-state index contributed by atoms with van der Waals surface area (Å²) in [5.74, 6) is 0.161. The van der Waals surface area contributed by atoms with Gasteiger partial charge in [-0.2, -0.15) is 0 Å². The summed E-state index contributed by atoms with van der Waals surface area (Å²) in [6.07, 6.45) is 2.66. The molecular weight excluding hydrogens is 482 g/mol. The molecule has 1 amide bonds. The molecule has 200 valence electrons. The Hall–Kier alpha value is -4.07. The summed E-state index contributed by atoms with van der Waals surface area (Å²) < 4.78 is 17.4. The lowest BCUT2D eigenvalue weighted by Gasteiger charge is -2.23. The second-order valence-corrected chi connectivity index (χ2v) is 10.5. The molecule has 2 N–H and O–H groups in total. The third-order valence-corrected chi connectivity index (χ3v) is 6.21. The minimum absolute atomic E-state index is 0.0563. The molecule has 4 aromatic rings. The van der Waals surface area contributed by atoms with E-state index in [2.05, 4.69) is 29.1 Å². The molecule has 0 bridgehead atoms. The largest absolute Gasteiger partial charge is 0.456 e. The second-order valence-electron chi connectivity index (χ2n) is 10.5. The maximum absolute atomic E-state index is 13.3. The number of nitrogens with one attached hydrogen (secondary N) is 2. The van der Waals surface area contributed by atoms with Gasteiger partial charge in [0.25, 0.3) is 0 Å². The minimum atomic E-state index is -0.663. The van der Waals surface area contributed by atoms with Gasteiger partial charge in [-0.05, 0) is 44.7 Å². The topological polar surface area (TPSA) is 106 Å². The molecule has 0 fully saturated rings. The summed E-state index contributed by atoms with van der Waals surface area (Å²) in [5, 5.41) is 3.78. The third kappa shape index (κ3) is 6.62. The number of benzene rings is 2. The fourth-order valence-corrected chi connectivity index (χ4v) is 4.10. The standard InChI is InChI=1S/C30H35N3O5/c1-6-19(2)16-24(32-29(35)38-30(3,4)5)27-33-25(28(34)36-18-20-12-8-7-9-13-20)26(37-27)22-17-31-23-15-11-10-14-21(22)23/h7-15,17,19,24,31H,6,16,18H2,1-5H3,(H,32,35)/t19-,24-/m1/s1. The smallest absolute Gasteiger partial charge is 0.408 e. The van der Waals surface area contributed by atoms with Gasteiger partial charge in [-0.15, -0.1) is 0 Å². The summed E-state index contributed by atoms with van der Waals surface area (Å²) in [4.78, 5) is 33.8. The lowest BCUT2D eigenvalue weighted by molar-refractivity contribution is 0.0465. The zero-order valence-corrected chi connectivity index (χ0v) is 22.5. The van der Waals surface area contributed by atoms with Crippen molar-refractivity contribution in [2.75, 3.05) is 0 Å². The van der Waals surface area contributed by atoms with Crippen LogP contribution in [0, 0.1) is 5.92 Å². The number of nitrogens with zero attached hydrogens (tertiary/aromatic N) is 1. The predicted molar refractivity (Wildman–Crippen MR) is 146 cm³/mol. The molecule has 0 saturated carbocycles. The van der Waals surface area contributed by atoms with Crippen LogP contribution in [0.15, 0.2) is 65.2 Å². The monoisotopic (exact) mass is 517 g/mol. The van der Waals surface area contributed by atoms with Gasteiger partial charge in [-0.1, -0.05) is 68.8 Å². The molecule has 0 spiro atoms. The number of carbonyl (C=O) groups excluding carboxylic acids is 2. The first kappa shape index (κ1) is 27.0. The quantitative estimate of drug-likeness (QED) is 0.228. The maximum atomic E-state index is 13.3. The van der Waals surface area contributed by atoms with Gasteiger partial charge in [0.05, 0.1) is 0 Å². The molecule has 4 rings (SSSR count). The number of H-pyrrole nitrogens is 1. The van der Waals surface area contributed by atoms with E-state index in [1.54, 1.807) is 27.0 Å². The molecule has 2 heterocycles. The van der Waals surface area contributed by atoms with E-state index >= 15 is 0 Å². The van der Waals surface area contributed by atoms with Crippen molar-refractivity contribution in [3.8, 4) is 11.3 Å². The summed E-state index contributed by atoms with van der Waals surface area (Å²) in [6.45, 7) is 9.67. The molecule has 8 heteroatoms. The average Bonchev–Trinajstić information content (AvgIpc) is 3.51. The van der Waals surface area contributed by atoms with Gasteiger partial charge >= 0.3 is 12.1 Å². The highest BCUT2D eigenvalue weighted by Gasteiger charge is 2.31. The summed E-state index contributed by atoms with van der Waals surface area (Å²) >= 11 is 0. The number of rotatable bonds is 9. The average molecular weight is 518 g/mol. The number of para-hydroxylation sites is 1. The minimum Gasteiger partial charge on any atom is -0.456 e. The molecule has 2 atom stereocenters. The van der Waals surface area contributed by atoms with E-state index in [0.29, 0.717) is 12.0 Å². The number of hydrogen-bond acceptors (Lipinski definition) is 6. The van der Waals surface area contributed by atoms with E-state index in [0.717, 1.165) is 22.9 Å². The first-order chi connectivity index (χ1) is 18.1. The summed E-state index contributed by atoms with van der Waals surface area (Å²) in [6, 6.07) is 16.6. The molecule has 0 aliphatic heterocycles. The van der Waals surface area contributed by atoms with Crippen molar-refractivity contribution in [3.63, 3.8) is 0 Å². The SMILES string of the molecule is CC[C@@H](C)C[C@@H](NC(=O)OC(C)(C)C)c1nc(C(=O)OCc2ccccc2)c(-c2c[nH]c3ccccc23)o1. The van der Waals surface area contributed by atoms with Crippen LogP contribution in [0.2, 0.25) is 0 Å². The number of amides is 1. The van der Waals surface area contributed by atoms with Crippen molar-refractivity contribution in [3.05, 3.63) is 77.9 Å². The number of carbonyl (C=O) groups is 2. The number of esters is 1. The Morgan fingerprint density at radius 2 is 1.79 bits per heavy atom. The van der Waals surface area contributed by atoms with Crippen LogP contribution in [0.3, 0.4) is 0 Å². The van der Waals surface area contributed by atoms with Crippen LogP contribution in [-0.2, 0) is 16.1 Å². The van der Waals surface area contributed by atoms with Crippen LogP contribution in [0.1, 0.15) is 75.4 Å². The fourth-order valence-electron chi connectivity index (χ4n) is 4.10. The molecule has 0 radical (unpaired) electrons. The van der Waals surface area contributed by atoms with Crippen molar-refractivity contribution >= 4 is 23.0 Å². The Morgan fingerprint density at radius 1 is 1.08 bits per heavy atom. The van der Waals surface area contributed by atoms with E-state index in [4.69, 9.17) is 13.9 Å². The number of ether oxygens (including phenoxy) is 2. The van der Waals surface area contributed by atoms with Crippen LogP contribution in [0.25, 0.3) is 22.2 Å². The van der Waals surface area contributed by atoms with Crippen LogP contribution >= 0.6 is 0 Å². The normalized spacial score (nSPS) is 13.2.